The van der Waals surface area contributed by atoms with Gasteiger partial charge in [0.15, 0.2) is 5.65 Å². The Balaban J connectivity index is 2.31. The second-order valence-electron chi connectivity index (χ2n) is 4.48. The van der Waals surface area contributed by atoms with Gasteiger partial charge in [-0.3, -0.25) is 0 Å². The molecule has 4 heteroatoms. The standard InChI is InChI=1S/C14H14N4/c1-9-7-16-14-12(15)13(17-18(14)8-9)11-6-4-3-5-10(11)2/h3-8H,15H2,1-2H3. The fourth-order valence-corrected chi connectivity index (χ4v) is 2.08. The van der Waals surface area contributed by atoms with Gasteiger partial charge in [0.05, 0.1) is 0 Å². The molecule has 0 fully saturated rings. The van der Waals surface area contributed by atoms with Crippen molar-refractivity contribution in [3.8, 4) is 11.3 Å². The maximum atomic E-state index is 6.14. The summed E-state index contributed by atoms with van der Waals surface area (Å²) < 4.78 is 1.74. The molecule has 2 aromatic heterocycles. The topological polar surface area (TPSA) is 56.2 Å². The summed E-state index contributed by atoms with van der Waals surface area (Å²) in [4.78, 5) is 4.33. The van der Waals surface area contributed by atoms with Crippen molar-refractivity contribution in [3.05, 3.63) is 47.8 Å². The molecule has 0 atom stereocenters. The highest BCUT2D eigenvalue weighted by Crippen LogP contribution is 2.29. The molecule has 18 heavy (non-hydrogen) atoms. The largest absolute Gasteiger partial charge is 0.394 e. The Kier molecular flexibility index (Phi) is 2.30. The number of anilines is 1. The molecule has 0 unspecified atom stereocenters. The molecule has 90 valence electrons. The van der Waals surface area contributed by atoms with Crippen molar-refractivity contribution >= 4 is 11.3 Å². The number of nitrogen functional groups attached to an aromatic ring is 1. The van der Waals surface area contributed by atoms with Crippen LogP contribution in [0.25, 0.3) is 16.9 Å². The fraction of sp³-hybridized carbons (Fsp3) is 0.143. The molecule has 3 rings (SSSR count). The monoisotopic (exact) mass is 238 g/mol. The zero-order valence-corrected chi connectivity index (χ0v) is 10.4. The predicted molar refractivity (Wildman–Crippen MR) is 72.3 cm³/mol. The smallest absolute Gasteiger partial charge is 0.178 e. The lowest BCUT2D eigenvalue weighted by Crippen LogP contribution is -1.92. The van der Waals surface area contributed by atoms with Gasteiger partial charge in [-0.2, -0.15) is 5.10 Å². The molecule has 0 bridgehead atoms. The van der Waals surface area contributed by atoms with E-state index in [0.29, 0.717) is 11.3 Å². The number of nitrogens with two attached hydrogens (primary N) is 1. The van der Waals surface area contributed by atoms with E-state index in [2.05, 4.69) is 23.1 Å². The molecule has 2 N–H and O–H groups in total. The minimum Gasteiger partial charge on any atom is -0.394 e. The number of hydrogen-bond acceptors (Lipinski definition) is 3. The number of rotatable bonds is 1. The van der Waals surface area contributed by atoms with Crippen molar-refractivity contribution in [2.24, 2.45) is 0 Å². The molecule has 0 aliphatic rings. The molecular weight excluding hydrogens is 224 g/mol. The van der Waals surface area contributed by atoms with E-state index < -0.39 is 0 Å². The minimum atomic E-state index is 0.629. The van der Waals surface area contributed by atoms with Gasteiger partial charge in [-0.25, -0.2) is 9.50 Å². The van der Waals surface area contributed by atoms with Crippen LogP contribution in [0.1, 0.15) is 11.1 Å². The van der Waals surface area contributed by atoms with Gasteiger partial charge in [0.25, 0.3) is 0 Å². The van der Waals surface area contributed by atoms with Gasteiger partial charge in [-0.1, -0.05) is 24.3 Å². The van der Waals surface area contributed by atoms with Crippen LogP contribution in [0.4, 0.5) is 5.69 Å². The Morgan fingerprint density at radius 3 is 2.72 bits per heavy atom. The average Bonchev–Trinajstić information content (AvgIpc) is 2.67. The van der Waals surface area contributed by atoms with Crippen LogP contribution >= 0.6 is 0 Å². The van der Waals surface area contributed by atoms with Crippen LogP contribution < -0.4 is 5.73 Å². The predicted octanol–water partition coefficient (Wildman–Crippen LogP) is 2.60. The zero-order valence-electron chi connectivity index (χ0n) is 10.4. The Labute approximate surface area is 105 Å². The third kappa shape index (κ3) is 1.54. The normalized spacial score (nSPS) is 11.0. The summed E-state index contributed by atoms with van der Waals surface area (Å²) >= 11 is 0. The highest BCUT2D eigenvalue weighted by Gasteiger charge is 2.13. The maximum absolute atomic E-state index is 6.14. The molecule has 0 radical (unpaired) electrons. The summed E-state index contributed by atoms with van der Waals surface area (Å²) in [7, 11) is 0. The Hall–Kier alpha value is -2.36. The number of nitrogens with zero attached hydrogens (tertiary/aromatic N) is 3. The van der Waals surface area contributed by atoms with E-state index in [0.717, 1.165) is 22.4 Å². The van der Waals surface area contributed by atoms with Gasteiger partial charge >= 0.3 is 0 Å². The maximum Gasteiger partial charge on any atom is 0.178 e. The van der Waals surface area contributed by atoms with E-state index in [4.69, 9.17) is 5.73 Å². The van der Waals surface area contributed by atoms with Crippen LogP contribution in [0, 0.1) is 13.8 Å². The summed E-state index contributed by atoms with van der Waals surface area (Å²) in [5, 5.41) is 4.53. The summed E-state index contributed by atoms with van der Waals surface area (Å²) in [6.07, 6.45) is 3.73. The first-order valence-electron chi connectivity index (χ1n) is 5.83. The second-order valence-corrected chi connectivity index (χ2v) is 4.48. The second kappa shape index (κ2) is 3.84. The molecule has 0 aliphatic carbocycles. The third-order valence-electron chi connectivity index (χ3n) is 3.04. The summed E-state index contributed by atoms with van der Waals surface area (Å²) in [5.41, 5.74) is 11.5. The third-order valence-corrected chi connectivity index (χ3v) is 3.04. The van der Waals surface area contributed by atoms with E-state index in [-0.39, 0.29) is 0 Å². The lowest BCUT2D eigenvalue weighted by Gasteiger charge is -2.01. The summed E-state index contributed by atoms with van der Waals surface area (Å²) in [6, 6.07) is 8.08. The van der Waals surface area contributed by atoms with Crippen LogP contribution in [-0.4, -0.2) is 14.6 Å². The first-order valence-corrected chi connectivity index (χ1v) is 5.83. The van der Waals surface area contributed by atoms with Gasteiger partial charge in [-0.15, -0.1) is 0 Å². The Morgan fingerprint density at radius 2 is 1.94 bits per heavy atom. The molecule has 4 nitrogen and oxygen atoms in total. The number of aromatic nitrogens is 3. The van der Waals surface area contributed by atoms with Gasteiger partial charge in [-0.05, 0) is 25.0 Å². The van der Waals surface area contributed by atoms with Crippen molar-refractivity contribution in [1.82, 2.24) is 14.6 Å². The number of hydrogen-bond donors (Lipinski definition) is 1. The molecule has 3 aromatic rings. The zero-order chi connectivity index (χ0) is 12.7. The van der Waals surface area contributed by atoms with Crippen molar-refractivity contribution in [2.45, 2.75) is 13.8 Å². The van der Waals surface area contributed by atoms with Gasteiger partial charge in [0.2, 0.25) is 0 Å². The molecule has 0 spiro atoms. The molecule has 0 saturated carbocycles. The number of benzene rings is 1. The lowest BCUT2D eigenvalue weighted by molar-refractivity contribution is 0.931. The van der Waals surface area contributed by atoms with E-state index >= 15 is 0 Å². The Bertz CT molecular complexity index is 728. The number of fused-ring (bicyclic) bond motifs is 1. The van der Waals surface area contributed by atoms with Gasteiger partial charge < -0.3 is 5.73 Å². The summed E-state index contributed by atoms with van der Waals surface area (Å²) in [5.74, 6) is 0. The molecule has 2 heterocycles. The first-order chi connectivity index (χ1) is 8.66. The molecule has 0 amide bonds. The quantitative estimate of drug-likeness (QED) is 0.709. The molecule has 0 saturated heterocycles. The Morgan fingerprint density at radius 1 is 1.17 bits per heavy atom. The van der Waals surface area contributed by atoms with Gasteiger partial charge in [0.1, 0.15) is 11.4 Å². The lowest BCUT2D eigenvalue weighted by atomic mass is 10.1. The SMILES string of the molecule is Cc1cnc2c(N)c(-c3ccccc3C)nn2c1. The first kappa shape index (κ1) is 10.8. The highest BCUT2D eigenvalue weighted by atomic mass is 15.3. The molecular formula is C14H14N4. The van der Waals surface area contributed by atoms with Crippen LogP contribution in [0.15, 0.2) is 36.7 Å². The van der Waals surface area contributed by atoms with Crippen LogP contribution in [0.3, 0.4) is 0 Å². The molecule has 0 aliphatic heterocycles. The average molecular weight is 238 g/mol. The fourth-order valence-electron chi connectivity index (χ4n) is 2.08. The highest BCUT2D eigenvalue weighted by molar-refractivity contribution is 5.84. The van der Waals surface area contributed by atoms with Crippen LogP contribution in [0.2, 0.25) is 0 Å². The van der Waals surface area contributed by atoms with Crippen molar-refractivity contribution in [3.63, 3.8) is 0 Å². The van der Waals surface area contributed by atoms with E-state index in [1.165, 1.54) is 0 Å². The van der Waals surface area contributed by atoms with Crippen molar-refractivity contribution < 1.29 is 0 Å². The molecule has 1 aromatic carbocycles. The van der Waals surface area contributed by atoms with Crippen molar-refractivity contribution in [2.75, 3.05) is 5.73 Å². The van der Waals surface area contributed by atoms with Gasteiger partial charge in [0, 0.05) is 18.0 Å². The van der Waals surface area contributed by atoms with E-state index in [1.54, 1.807) is 10.7 Å². The van der Waals surface area contributed by atoms with Crippen molar-refractivity contribution in [1.29, 1.82) is 0 Å². The van der Waals surface area contributed by atoms with E-state index in [1.807, 2.05) is 31.3 Å². The van der Waals surface area contributed by atoms with Crippen LogP contribution in [0.5, 0.6) is 0 Å². The summed E-state index contributed by atoms with van der Waals surface area (Å²) in [6.45, 7) is 4.04. The minimum absolute atomic E-state index is 0.629. The van der Waals surface area contributed by atoms with E-state index in [9.17, 15) is 0 Å². The van der Waals surface area contributed by atoms with Crippen LogP contribution in [-0.2, 0) is 0 Å². The number of aryl methyl sites for hydroxylation is 2.